The number of nitrogens with zero attached hydrogens (tertiary/aromatic N) is 1. The highest BCUT2D eigenvalue weighted by atomic mass is 35.5. The molecule has 2 aromatic carbocycles. The summed E-state index contributed by atoms with van der Waals surface area (Å²) in [4.78, 5) is 17.7. The monoisotopic (exact) mass is 334 g/mol. The number of hydrogen-bond donors (Lipinski definition) is 1. The highest BCUT2D eigenvalue weighted by molar-refractivity contribution is 7.98. The number of rotatable bonds is 3. The molecule has 21 heavy (non-hydrogen) atoms. The van der Waals surface area contributed by atoms with Crippen LogP contribution in [0, 0.1) is 0 Å². The van der Waals surface area contributed by atoms with Crippen LogP contribution in [0.1, 0.15) is 10.4 Å². The maximum absolute atomic E-state index is 12.4. The largest absolute Gasteiger partial charge is 0.298 e. The average molecular weight is 335 g/mol. The van der Waals surface area contributed by atoms with Crippen LogP contribution in [0.3, 0.4) is 0 Å². The number of para-hydroxylation sites is 1. The van der Waals surface area contributed by atoms with Gasteiger partial charge in [-0.1, -0.05) is 41.1 Å². The van der Waals surface area contributed by atoms with Gasteiger partial charge in [0, 0.05) is 4.90 Å². The van der Waals surface area contributed by atoms with Crippen molar-refractivity contribution in [2.45, 2.75) is 4.90 Å². The van der Waals surface area contributed by atoms with Gasteiger partial charge < -0.3 is 0 Å². The number of carbonyl (C=O) groups is 1. The predicted octanol–water partition coefficient (Wildman–Crippen LogP) is 4.92. The Balaban J connectivity index is 1.91. The Morgan fingerprint density at radius 1 is 1.24 bits per heavy atom. The molecule has 0 saturated carbocycles. The second kappa shape index (κ2) is 6.05. The van der Waals surface area contributed by atoms with Crippen molar-refractivity contribution in [1.82, 2.24) is 4.98 Å². The molecule has 1 amide bonds. The highest BCUT2D eigenvalue weighted by Gasteiger charge is 2.13. The highest BCUT2D eigenvalue weighted by Crippen LogP contribution is 2.31. The topological polar surface area (TPSA) is 42.0 Å². The fourth-order valence-corrected chi connectivity index (χ4v) is 3.72. The maximum Gasteiger partial charge on any atom is 0.258 e. The second-order valence-electron chi connectivity index (χ2n) is 4.26. The molecular formula is C15H11ClN2OS2. The zero-order valence-electron chi connectivity index (χ0n) is 11.1. The Labute approximate surface area is 135 Å². The number of fused-ring (bicyclic) bond motifs is 1. The summed E-state index contributed by atoms with van der Waals surface area (Å²) in [6, 6.07) is 13.1. The summed E-state index contributed by atoms with van der Waals surface area (Å²) in [6.07, 6.45) is 1.95. The van der Waals surface area contributed by atoms with E-state index in [-0.39, 0.29) is 5.91 Å². The Kier molecular flexibility index (Phi) is 4.14. The van der Waals surface area contributed by atoms with Gasteiger partial charge in [0.25, 0.3) is 5.91 Å². The number of halogens is 1. The van der Waals surface area contributed by atoms with E-state index in [1.54, 1.807) is 17.8 Å². The second-order valence-corrected chi connectivity index (χ2v) is 6.55. The van der Waals surface area contributed by atoms with Gasteiger partial charge in [0.2, 0.25) is 0 Å². The predicted molar refractivity (Wildman–Crippen MR) is 90.8 cm³/mol. The van der Waals surface area contributed by atoms with Crippen molar-refractivity contribution in [3.05, 3.63) is 53.1 Å². The van der Waals surface area contributed by atoms with E-state index in [1.165, 1.54) is 11.3 Å². The molecule has 1 heterocycles. The first-order valence-electron chi connectivity index (χ1n) is 6.18. The molecule has 0 atom stereocenters. The van der Waals surface area contributed by atoms with Gasteiger partial charge in [0.15, 0.2) is 5.13 Å². The first-order valence-corrected chi connectivity index (χ1v) is 8.60. The molecule has 0 saturated heterocycles. The minimum atomic E-state index is -0.157. The average Bonchev–Trinajstić information content (AvgIpc) is 2.91. The van der Waals surface area contributed by atoms with Crippen LogP contribution in [0.4, 0.5) is 5.13 Å². The third kappa shape index (κ3) is 2.90. The molecule has 0 aliphatic carbocycles. The number of thioether (sulfide) groups is 1. The van der Waals surface area contributed by atoms with Crippen LogP contribution in [0.5, 0.6) is 0 Å². The number of carbonyl (C=O) groups excluding carboxylic acids is 1. The van der Waals surface area contributed by atoms with E-state index in [9.17, 15) is 4.79 Å². The van der Waals surface area contributed by atoms with Crippen LogP contribution in [0.25, 0.3) is 10.2 Å². The summed E-state index contributed by atoms with van der Waals surface area (Å²) < 4.78 is 0.955. The van der Waals surface area contributed by atoms with Crippen molar-refractivity contribution < 1.29 is 4.79 Å². The summed E-state index contributed by atoms with van der Waals surface area (Å²) >= 11 is 9.06. The van der Waals surface area contributed by atoms with E-state index >= 15 is 0 Å². The van der Waals surface area contributed by atoms with Gasteiger partial charge in [-0.05, 0) is 30.5 Å². The van der Waals surface area contributed by atoms with Gasteiger partial charge in [-0.2, -0.15) is 0 Å². The molecule has 0 aliphatic heterocycles. The lowest BCUT2D eigenvalue weighted by molar-refractivity contribution is 0.102. The molecule has 3 nitrogen and oxygen atoms in total. The number of hydrogen-bond acceptors (Lipinski definition) is 4. The fourth-order valence-electron chi connectivity index (χ4n) is 1.97. The smallest absolute Gasteiger partial charge is 0.258 e. The number of nitrogens with one attached hydrogen (secondary N) is 1. The van der Waals surface area contributed by atoms with Crippen molar-refractivity contribution in [1.29, 1.82) is 0 Å². The van der Waals surface area contributed by atoms with Gasteiger partial charge in [-0.3, -0.25) is 10.1 Å². The van der Waals surface area contributed by atoms with Crippen LogP contribution < -0.4 is 5.32 Å². The molecule has 0 aliphatic rings. The Morgan fingerprint density at radius 3 is 2.81 bits per heavy atom. The van der Waals surface area contributed by atoms with Crippen LogP contribution in [-0.2, 0) is 0 Å². The van der Waals surface area contributed by atoms with Crippen molar-refractivity contribution >= 4 is 56.0 Å². The Hall–Kier alpha value is -1.56. The van der Waals surface area contributed by atoms with Crippen LogP contribution in [0.15, 0.2) is 47.4 Å². The Bertz CT molecular complexity index is 816. The molecule has 0 spiro atoms. The van der Waals surface area contributed by atoms with Crippen LogP contribution >= 0.6 is 34.7 Å². The molecular weight excluding hydrogens is 324 g/mol. The molecule has 0 bridgehead atoms. The van der Waals surface area contributed by atoms with Gasteiger partial charge in [0.05, 0.1) is 15.3 Å². The molecule has 1 aromatic heterocycles. The molecule has 6 heteroatoms. The lowest BCUT2D eigenvalue weighted by Crippen LogP contribution is -2.12. The Morgan fingerprint density at radius 2 is 2.05 bits per heavy atom. The van der Waals surface area contributed by atoms with Gasteiger partial charge in [-0.15, -0.1) is 11.8 Å². The quantitative estimate of drug-likeness (QED) is 0.691. The van der Waals surface area contributed by atoms with E-state index in [1.807, 2.05) is 42.7 Å². The third-order valence-electron chi connectivity index (χ3n) is 2.94. The first kappa shape index (κ1) is 14.4. The van der Waals surface area contributed by atoms with Gasteiger partial charge in [0.1, 0.15) is 5.52 Å². The zero-order chi connectivity index (χ0) is 14.8. The minimum Gasteiger partial charge on any atom is -0.298 e. The number of aromatic nitrogens is 1. The summed E-state index contributed by atoms with van der Waals surface area (Å²) in [6.45, 7) is 0. The molecule has 0 radical (unpaired) electrons. The van der Waals surface area contributed by atoms with E-state index in [4.69, 9.17) is 11.6 Å². The van der Waals surface area contributed by atoms with Gasteiger partial charge in [-0.25, -0.2) is 4.98 Å². The molecule has 1 N–H and O–H groups in total. The summed E-state index contributed by atoms with van der Waals surface area (Å²) in [5.41, 5.74) is 1.37. The normalized spacial score (nSPS) is 10.8. The molecule has 0 unspecified atom stereocenters. The number of thiazole rings is 1. The van der Waals surface area contributed by atoms with E-state index in [2.05, 4.69) is 10.3 Å². The fraction of sp³-hybridized carbons (Fsp3) is 0.0667. The van der Waals surface area contributed by atoms with Crippen molar-refractivity contribution in [3.8, 4) is 0 Å². The summed E-state index contributed by atoms with van der Waals surface area (Å²) in [5, 5.41) is 3.99. The lowest BCUT2D eigenvalue weighted by Gasteiger charge is -2.05. The first-order chi connectivity index (χ1) is 10.2. The number of anilines is 1. The number of amides is 1. The molecule has 0 fully saturated rings. The van der Waals surface area contributed by atoms with Crippen molar-refractivity contribution in [3.63, 3.8) is 0 Å². The van der Waals surface area contributed by atoms with E-state index < -0.39 is 0 Å². The standard InChI is InChI=1S/C15H11ClN2OS2/c1-20-11-7-3-2-5-9(11)14(19)18-15-17-13-10(16)6-4-8-12(13)21-15/h2-8H,1H3,(H,17,18,19). The summed E-state index contributed by atoms with van der Waals surface area (Å²) in [5.74, 6) is -0.157. The maximum atomic E-state index is 12.4. The van der Waals surface area contributed by atoms with Crippen molar-refractivity contribution in [2.24, 2.45) is 0 Å². The third-order valence-corrected chi connectivity index (χ3v) is 4.98. The van der Waals surface area contributed by atoms with Crippen molar-refractivity contribution in [2.75, 3.05) is 11.6 Å². The number of benzene rings is 2. The van der Waals surface area contributed by atoms with E-state index in [0.717, 1.165) is 15.1 Å². The van der Waals surface area contributed by atoms with E-state index in [0.29, 0.717) is 15.7 Å². The summed E-state index contributed by atoms with van der Waals surface area (Å²) in [7, 11) is 0. The molecule has 3 aromatic rings. The minimum absolute atomic E-state index is 0.157. The van der Waals surface area contributed by atoms with Gasteiger partial charge >= 0.3 is 0 Å². The molecule has 3 rings (SSSR count). The zero-order valence-corrected chi connectivity index (χ0v) is 13.5. The van der Waals surface area contributed by atoms with Crippen LogP contribution in [0.2, 0.25) is 5.02 Å². The lowest BCUT2D eigenvalue weighted by atomic mass is 10.2. The van der Waals surface area contributed by atoms with Crippen LogP contribution in [-0.4, -0.2) is 17.1 Å². The molecule has 106 valence electrons. The SMILES string of the molecule is CSc1ccccc1C(=O)Nc1nc2c(Cl)cccc2s1.